The molecule has 2 amide bonds. The summed E-state index contributed by atoms with van der Waals surface area (Å²) in [4.78, 5) is 43.4. The maximum atomic E-state index is 12.6. The lowest BCUT2D eigenvalue weighted by molar-refractivity contribution is -0.122. The number of rotatable bonds is 4. The van der Waals surface area contributed by atoms with E-state index in [1.807, 2.05) is 25.1 Å². The zero-order valence-electron chi connectivity index (χ0n) is 16.9. The van der Waals surface area contributed by atoms with E-state index in [0.29, 0.717) is 15.8 Å². The second-order valence-corrected chi connectivity index (χ2v) is 8.72. The fraction of sp³-hybridized carbons (Fsp3) is 0.364. The van der Waals surface area contributed by atoms with E-state index >= 15 is 0 Å². The van der Waals surface area contributed by atoms with Crippen LogP contribution in [-0.2, 0) is 24.2 Å². The molecular formula is C22H24N4O3S. The normalized spacial score (nSPS) is 13.5. The fourth-order valence-corrected chi connectivity index (χ4v) is 4.90. The Morgan fingerprint density at radius 3 is 2.87 bits per heavy atom. The molecule has 0 saturated carbocycles. The highest BCUT2D eigenvalue weighted by molar-refractivity contribution is 7.14. The summed E-state index contributed by atoms with van der Waals surface area (Å²) < 4.78 is 1.42. The summed E-state index contributed by atoms with van der Waals surface area (Å²) in [6.07, 6.45) is 7.10. The Bertz CT molecular complexity index is 1140. The molecule has 2 heterocycles. The molecule has 1 aromatic carbocycles. The molecule has 30 heavy (non-hydrogen) atoms. The van der Waals surface area contributed by atoms with Gasteiger partial charge in [-0.05, 0) is 55.9 Å². The van der Waals surface area contributed by atoms with Gasteiger partial charge in [0, 0.05) is 17.8 Å². The Balaban J connectivity index is 1.33. The number of thiophene rings is 1. The summed E-state index contributed by atoms with van der Waals surface area (Å²) in [7, 11) is 0. The van der Waals surface area contributed by atoms with Gasteiger partial charge in [-0.15, -0.1) is 11.3 Å². The zero-order chi connectivity index (χ0) is 21.1. The van der Waals surface area contributed by atoms with Gasteiger partial charge >= 0.3 is 0 Å². The van der Waals surface area contributed by atoms with Gasteiger partial charge in [0.05, 0.1) is 22.1 Å². The third-order valence-electron chi connectivity index (χ3n) is 5.42. The first-order valence-corrected chi connectivity index (χ1v) is 11.0. The lowest BCUT2D eigenvalue weighted by Gasteiger charge is -2.09. The quantitative estimate of drug-likeness (QED) is 0.498. The molecule has 0 bridgehead atoms. The third kappa shape index (κ3) is 4.28. The van der Waals surface area contributed by atoms with Crippen molar-refractivity contribution in [1.29, 1.82) is 0 Å². The molecular weight excluding hydrogens is 400 g/mol. The van der Waals surface area contributed by atoms with Crippen molar-refractivity contribution in [2.45, 2.75) is 52.0 Å². The number of carbonyl (C=O) groups is 2. The molecule has 8 heteroatoms. The minimum atomic E-state index is -0.363. The zero-order valence-corrected chi connectivity index (χ0v) is 17.7. The highest BCUT2D eigenvalue weighted by Crippen LogP contribution is 2.28. The number of benzene rings is 1. The topological polar surface area (TPSA) is 93.1 Å². The van der Waals surface area contributed by atoms with Crippen molar-refractivity contribution >= 4 is 34.1 Å². The summed E-state index contributed by atoms with van der Waals surface area (Å²) in [5, 5.41) is 0.531. The SMILES string of the molecule is Cc1cccc2c(=O)n(CCC(=O)NNC(=O)c3cc4c(s3)CCCCC4)cnc12. The molecule has 0 spiro atoms. The molecule has 0 radical (unpaired) electrons. The second-order valence-electron chi connectivity index (χ2n) is 7.59. The fourth-order valence-electron chi connectivity index (χ4n) is 3.75. The van der Waals surface area contributed by atoms with Crippen molar-refractivity contribution < 1.29 is 9.59 Å². The van der Waals surface area contributed by atoms with Crippen molar-refractivity contribution in [3.63, 3.8) is 0 Å². The molecule has 156 valence electrons. The minimum absolute atomic E-state index is 0.0557. The van der Waals surface area contributed by atoms with E-state index < -0.39 is 0 Å². The first kappa shape index (κ1) is 20.3. The number of hydrazine groups is 1. The van der Waals surface area contributed by atoms with Crippen molar-refractivity contribution in [1.82, 2.24) is 20.4 Å². The summed E-state index contributed by atoms with van der Waals surface area (Å²) in [5.74, 6) is -0.667. The number of nitrogens with zero attached hydrogens (tertiary/aromatic N) is 2. The Morgan fingerprint density at radius 1 is 1.17 bits per heavy atom. The van der Waals surface area contributed by atoms with Crippen LogP contribution in [0.15, 0.2) is 35.4 Å². The molecule has 0 atom stereocenters. The predicted molar refractivity (Wildman–Crippen MR) is 117 cm³/mol. The van der Waals surface area contributed by atoms with E-state index in [4.69, 9.17) is 0 Å². The van der Waals surface area contributed by atoms with E-state index in [-0.39, 0.29) is 30.3 Å². The van der Waals surface area contributed by atoms with Gasteiger partial charge < -0.3 is 0 Å². The molecule has 7 nitrogen and oxygen atoms in total. The van der Waals surface area contributed by atoms with E-state index in [0.717, 1.165) is 31.2 Å². The third-order valence-corrected chi connectivity index (χ3v) is 6.66. The Labute approximate surface area is 178 Å². The lowest BCUT2D eigenvalue weighted by Crippen LogP contribution is -2.41. The number of hydrogen-bond acceptors (Lipinski definition) is 5. The maximum Gasteiger partial charge on any atom is 0.279 e. The largest absolute Gasteiger partial charge is 0.298 e. The Hall–Kier alpha value is -3.00. The van der Waals surface area contributed by atoms with Crippen LogP contribution in [0.2, 0.25) is 0 Å². The second kappa shape index (κ2) is 8.79. The van der Waals surface area contributed by atoms with Crippen LogP contribution in [0.5, 0.6) is 0 Å². The summed E-state index contributed by atoms with van der Waals surface area (Å²) in [6.45, 7) is 2.09. The van der Waals surface area contributed by atoms with Gasteiger partial charge in [0.1, 0.15) is 0 Å². The number of fused-ring (bicyclic) bond motifs is 2. The minimum Gasteiger partial charge on any atom is -0.298 e. The van der Waals surface area contributed by atoms with Gasteiger partial charge in [-0.2, -0.15) is 0 Å². The summed E-state index contributed by atoms with van der Waals surface area (Å²) >= 11 is 1.51. The smallest absolute Gasteiger partial charge is 0.279 e. The number of aryl methyl sites for hydroxylation is 4. The van der Waals surface area contributed by atoms with E-state index in [1.165, 1.54) is 39.1 Å². The van der Waals surface area contributed by atoms with E-state index in [9.17, 15) is 14.4 Å². The number of nitrogens with one attached hydrogen (secondary N) is 2. The van der Waals surface area contributed by atoms with Crippen LogP contribution in [0.25, 0.3) is 10.9 Å². The van der Waals surface area contributed by atoms with Crippen LogP contribution in [0.4, 0.5) is 0 Å². The van der Waals surface area contributed by atoms with E-state index in [2.05, 4.69) is 15.8 Å². The molecule has 3 aromatic rings. The standard InChI is InChI=1S/C22H24N4O3S/c1-14-6-5-8-16-20(14)23-13-26(22(16)29)11-10-19(27)24-25-21(28)18-12-15-7-3-2-4-9-17(15)30-18/h5-6,8,12-13H,2-4,7,9-11H2,1H3,(H,24,27)(H,25,28). The van der Waals surface area contributed by atoms with Crippen molar-refractivity contribution in [3.05, 3.63) is 61.8 Å². The van der Waals surface area contributed by atoms with Crippen LogP contribution in [0, 0.1) is 6.92 Å². The molecule has 1 aliphatic rings. The number of carbonyl (C=O) groups excluding carboxylic acids is 2. The summed E-state index contributed by atoms with van der Waals surface area (Å²) in [6, 6.07) is 7.39. The molecule has 0 unspecified atom stereocenters. The molecule has 0 aliphatic heterocycles. The monoisotopic (exact) mass is 424 g/mol. The van der Waals surface area contributed by atoms with Gasteiger partial charge in [-0.3, -0.25) is 29.8 Å². The number of para-hydroxylation sites is 1. The molecule has 1 aliphatic carbocycles. The molecule has 0 fully saturated rings. The van der Waals surface area contributed by atoms with Crippen molar-refractivity contribution in [2.75, 3.05) is 0 Å². The average molecular weight is 425 g/mol. The number of amides is 2. The van der Waals surface area contributed by atoms with E-state index in [1.54, 1.807) is 6.07 Å². The predicted octanol–water partition coefficient (Wildman–Crippen LogP) is 2.89. The van der Waals surface area contributed by atoms with Crippen LogP contribution >= 0.6 is 11.3 Å². The van der Waals surface area contributed by atoms with Gasteiger partial charge in [0.2, 0.25) is 5.91 Å². The molecule has 0 saturated heterocycles. The summed E-state index contributed by atoms with van der Waals surface area (Å²) in [5.41, 5.74) is 7.60. The Morgan fingerprint density at radius 2 is 2.00 bits per heavy atom. The van der Waals surface area contributed by atoms with Crippen LogP contribution in [0.1, 0.15) is 51.4 Å². The van der Waals surface area contributed by atoms with Crippen molar-refractivity contribution in [3.8, 4) is 0 Å². The average Bonchev–Trinajstić information content (AvgIpc) is 3.02. The van der Waals surface area contributed by atoms with Crippen LogP contribution in [-0.4, -0.2) is 21.4 Å². The van der Waals surface area contributed by atoms with Gasteiger partial charge in [-0.25, -0.2) is 4.98 Å². The number of hydrogen-bond donors (Lipinski definition) is 2. The molecule has 2 aromatic heterocycles. The first-order chi connectivity index (χ1) is 14.5. The van der Waals surface area contributed by atoms with Gasteiger partial charge in [-0.1, -0.05) is 18.6 Å². The number of aromatic nitrogens is 2. The molecule has 4 rings (SSSR count). The highest BCUT2D eigenvalue weighted by atomic mass is 32.1. The Kier molecular flexibility index (Phi) is 5.94. The van der Waals surface area contributed by atoms with Crippen molar-refractivity contribution in [2.24, 2.45) is 0 Å². The van der Waals surface area contributed by atoms with Gasteiger partial charge in [0.15, 0.2) is 0 Å². The first-order valence-electron chi connectivity index (χ1n) is 10.2. The van der Waals surface area contributed by atoms with Gasteiger partial charge in [0.25, 0.3) is 11.5 Å². The lowest BCUT2D eigenvalue weighted by atomic mass is 10.1. The highest BCUT2D eigenvalue weighted by Gasteiger charge is 2.17. The molecule has 2 N–H and O–H groups in total. The van der Waals surface area contributed by atoms with Crippen LogP contribution in [0.3, 0.4) is 0 Å². The maximum absolute atomic E-state index is 12.6. The van der Waals surface area contributed by atoms with Crippen LogP contribution < -0.4 is 16.4 Å².